The summed E-state index contributed by atoms with van der Waals surface area (Å²) in [6, 6.07) is 15.7. The molecule has 2 aromatic carbocycles. The molecular formula is C20H20ClN3O. The zero-order valence-electron chi connectivity index (χ0n) is 13.9. The van der Waals surface area contributed by atoms with Crippen LogP contribution in [0.3, 0.4) is 0 Å². The largest absolute Gasteiger partial charge is 0.352 e. The van der Waals surface area contributed by atoms with Crippen molar-refractivity contribution < 1.29 is 4.79 Å². The fraction of sp³-hybridized carbons (Fsp3) is 0.200. The summed E-state index contributed by atoms with van der Waals surface area (Å²) in [5.41, 5.74) is 3.29. The number of amides is 1. The lowest BCUT2D eigenvalue weighted by molar-refractivity contribution is -0.121. The van der Waals surface area contributed by atoms with E-state index >= 15 is 0 Å². The van der Waals surface area contributed by atoms with E-state index in [4.69, 9.17) is 11.6 Å². The van der Waals surface area contributed by atoms with E-state index < -0.39 is 0 Å². The van der Waals surface area contributed by atoms with Crippen LogP contribution in [0.15, 0.2) is 67.3 Å². The predicted octanol–water partition coefficient (Wildman–Crippen LogP) is 3.83. The number of nitrogens with one attached hydrogen (secondary N) is 1. The molecule has 1 N–H and O–H groups in total. The summed E-state index contributed by atoms with van der Waals surface area (Å²) in [7, 11) is 0. The van der Waals surface area contributed by atoms with Gasteiger partial charge < -0.3 is 9.88 Å². The maximum atomic E-state index is 12.2. The molecule has 0 radical (unpaired) electrons. The van der Waals surface area contributed by atoms with Crippen molar-refractivity contribution in [2.75, 3.05) is 0 Å². The molecule has 0 saturated heterocycles. The summed E-state index contributed by atoms with van der Waals surface area (Å²) in [6.07, 6.45) is 6.55. The fourth-order valence-corrected chi connectivity index (χ4v) is 2.92. The van der Waals surface area contributed by atoms with Crippen molar-refractivity contribution in [3.63, 3.8) is 0 Å². The SMILES string of the molecule is O=C(CCc1ccccc1Cl)NCc1ccccc1Cn1ccnc1. The van der Waals surface area contributed by atoms with E-state index in [1.165, 1.54) is 5.56 Å². The highest BCUT2D eigenvalue weighted by Gasteiger charge is 2.07. The summed E-state index contributed by atoms with van der Waals surface area (Å²) in [5.74, 6) is 0.0253. The first-order valence-corrected chi connectivity index (χ1v) is 8.63. The average Bonchev–Trinajstić information content (AvgIpc) is 3.13. The van der Waals surface area contributed by atoms with Crippen LogP contribution in [0.4, 0.5) is 0 Å². The van der Waals surface area contributed by atoms with Crippen LogP contribution >= 0.6 is 11.6 Å². The van der Waals surface area contributed by atoms with E-state index in [-0.39, 0.29) is 5.91 Å². The van der Waals surface area contributed by atoms with Gasteiger partial charge in [0.05, 0.1) is 6.33 Å². The quantitative estimate of drug-likeness (QED) is 0.701. The van der Waals surface area contributed by atoms with Crippen LogP contribution in [0.5, 0.6) is 0 Å². The fourth-order valence-electron chi connectivity index (χ4n) is 2.69. The molecule has 0 bridgehead atoms. The van der Waals surface area contributed by atoms with Gasteiger partial charge in [0, 0.05) is 36.9 Å². The van der Waals surface area contributed by atoms with Crippen molar-refractivity contribution in [1.29, 1.82) is 0 Å². The van der Waals surface area contributed by atoms with Crippen LogP contribution in [0.25, 0.3) is 0 Å². The smallest absolute Gasteiger partial charge is 0.220 e. The molecule has 3 aromatic rings. The lowest BCUT2D eigenvalue weighted by Crippen LogP contribution is -2.23. The number of imidazole rings is 1. The monoisotopic (exact) mass is 353 g/mol. The van der Waals surface area contributed by atoms with Crippen LogP contribution in [0, 0.1) is 0 Å². The van der Waals surface area contributed by atoms with Crippen molar-refractivity contribution in [2.45, 2.75) is 25.9 Å². The molecule has 3 rings (SSSR count). The Bertz CT molecular complexity index is 830. The highest BCUT2D eigenvalue weighted by molar-refractivity contribution is 6.31. The number of carbonyl (C=O) groups excluding carboxylic acids is 1. The predicted molar refractivity (Wildman–Crippen MR) is 99.4 cm³/mol. The van der Waals surface area contributed by atoms with Gasteiger partial charge in [-0.2, -0.15) is 0 Å². The first kappa shape index (κ1) is 17.2. The van der Waals surface area contributed by atoms with Gasteiger partial charge in [-0.15, -0.1) is 0 Å². The minimum atomic E-state index is 0.0253. The molecule has 0 saturated carbocycles. The molecule has 128 valence electrons. The van der Waals surface area contributed by atoms with Crippen molar-refractivity contribution in [2.24, 2.45) is 0 Å². The number of aryl methyl sites for hydroxylation is 1. The van der Waals surface area contributed by atoms with Gasteiger partial charge in [0.15, 0.2) is 0 Å². The molecule has 1 aromatic heterocycles. The standard InChI is InChI=1S/C20H20ClN3O/c21-19-8-4-3-5-16(19)9-10-20(25)23-13-17-6-1-2-7-18(17)14-24-12-11-22-15-24/h1-8,11-12,15H,9-10,13-14H2,(H,23,25). The molecule has 0 atom stereocenters. The van der Waals surface area contributed by atoms with Crippen molar-refractivity contribution >= 4 is 17.5 Å². The van der Waals surface area contributed by atoms with Gasteiger partial charge in [0.25, 0.3) is 0 Å². The lowest BCUT2D eigenvalue weighted by atomic mass is 10.1. The van der Waals surface area contributed by atoms with Crippen LogP contribution in [-0.2, 0) is 24.3 Å². The Morgan fingerprint density at radius 2 is 1.76 bits per heavy atom. The molecule has 0 fully saturated rings. The molecule has 0 aliphatic rings. The molecule has 5 heteroatoms. The third-order valence-electron chi connectivity index (χ3n) is 4.09. The van der Waals surface area contributed by atoms with Gasteiger partial charge in [-0.05, 0) is 29.2 Å². The summed E-state index contributed by atoms with van der Waals surface area (Å²) in [6.45, 7) is 1.26. The van der Waals surface area contributed by atoms with Gasteiger partial charge in [-0.3, -0.25) is 4.79 Å². The van der Waals surface area contributed by atoms with Gasteiger partial charge >= 0.3 is 0 Å². The Morgan fingerprint density at radius 3 is 2.48 bits per heavy atom. The molecule has 0 unspecified atom stereocenters. The molecule has 0 aliphatic carbocycles. The minimum absolute atomic E-state index is 0.0253. The molecule has 25 heavy (non-hydrogen) atoms. The van der Waals surface area contributed by atoms with E-state index in [1.807, 2.05) is 53.2 Å². The van der Waals surface area contributed by atoms with E-state index in [2.05, 4.69) is 16.4 Å². The van der Waals surface area contributed by atoms with Gasteiger partial charge in [-0.25, -0.2) is 4.98 Å². The number of hydrogen-bond donors (Lipinski definition) is 1. The molecule has 0 spiro atoms. The van der Waals surface area contributed by atoms with Crippen molar-refractivity contribution in [1.82, 2.24) is 14.9 Å². The Hall–Kier alpha value is -2.59. The number of carbonyl (C=O) groups is 1. The minimum Gasteiger partial charge on any atom is -0.352 e. The van der Waals surface area contributed by atoms with Crippen LogP contribution in [0.1, 0.15) is 23.1 Å². The maximum Gasteiger partial charge on any atom is 0.220 e. The number of benzene rings is 2. The third-order valence-corrected chi connectivity index (χ3v) is 4.45. The lowest BCUT2D eigenvalue weighted by Gasteiger charge is -2.11. The second-order valence-corrected chi connectivity index (χ2v) is 6.28. The van der Waals surface area contributed by atoms with E-state index in [9.17, 15) is 4.79 Å². The Labute approximate surface area is 152 Å². The first-order chi connectivity index (χ1) is 12.2. The molecule has 1 amide bonds. The number of hydrogen-bond acceptors (Lipinski definition) is 2. The summed E-state index contributed by atoms with van der Waals surface area (Å²) in [4.78, 5) is 16.2. The van der Waals surface area contributed by atoms with Gasteiger partial charge in [-0.1, -0.05) is 54.1 Å². The average molecular weight is 354 g/mol. The van der Waals surface area contributed by atoms with Gasteiger partial charge in [0.2, 0.25) is 5.91 Å². The van der Waals surface area contributed by atoms with Crippen molar-refractivity contribution in [3.8, 4) is 0 Å². The highest BCUT2D eigenvalue weighted by Crippen LogP contribution is 2.16. The van der Waals surface area contributed by atoms with Gasteiger partial charge in [0.1, 0.15) is 0 Å². The Kier molecular flexibility index (Phi) is 5.86. The number of nitrogens with zero attached hydrogens (tertiary/aromatic N) is 2. The second-order valence-electron chi connectivity index (χ2n) is 5.87. The van der Waals surface area contributed by atoms with E-state index in [0.717, 1.165) is 17.7 Å². The number of rotatable bonds is 7. The van der Waals surface area contributed by atoms with E-state index in [0.29, 0.717) is 24.4 Å². The zero-order chi connectivity index (χ0) is 17.5. The molecule has 4 nitrogen and oxygen atoms in total. The highest BCUT2D eigenvalue weighted by atomic mass is 35.5. The summed E-state index contributed by atoms with van der Waals surface area (Å²) < 4.78 is 2.01. The summed E-state index contributed by atoms with van der Waals surface area (Å²) in [5, 5.41) is 3.71. The first-order valence-electron chi connectivity index (χ1n) is 8.25. The van der Waals surface area contributed by atoms with E-state index in [1.54, 1.807) is 12.5 Å². The molecule has 0 aliphatic heterocycles. The number of aromatic nitrogens is 2. The van der Waals surface area contributed by atoms with Crippen LogP contribution in [-0.4, -0.2) is 15.5 Å². The summed E-state index contributed by atoms with van der Waals surface area (Å²) >= 11 is 6.13. The zero-order valence-corrected chi connectivity index (χ0v) is 14.6. The third kappa shape index (κ3) is 4.94. The maximum absolute atomic E-state index is 12.2. The Morgan fingerprint density at radius 1 is 1.04 bits per heavy atom. The topological polar surface area (TPSA) is 46.9 Å². The number of halogens is 1. The molecule has 1 heterocycles. The normalized spacial score (nSPS) is 10.6. The van der Waals surface area contributed by atoms with Crippen LogP contribution < -0.4 is 5.32 Å². The second kappa shape index (κ2) is 8.49. The van der Waals surface area contributed by atoms with Crippen LogP contribution in [0.2, 0.25) is 5.02 Å². The van der Waals surface area contributed by atoms with Crippen molar-refractivity contribution in [3.05, 3.63) is 89.0 Å². The Balaban J connectivity index is 1.54. The molecular weight excluding hydrogens is 334 g/mol.